The van der Waals surface area contributed by atoms with Gasteiger partial charge in [-0.05, 0) is 74.1 Å². The molecule has 5 aliphatic rings. The minimum absolute atomic E-state index is 0.155. The molecule has 4 aliphatic carbocycles. The molecule has 1 saturated heterocycles. The van der Waals surface area contributed by atoms with E-state index in [9.17, 15) is 14.4 Å². The highest BCUT2D eigenvalue weighted by atomic mass is 16.2. The summed E-state index contributed by atoms with van der Waals surface area (Å²) in [6, 6.07) is 4.91. The van der Waals surface area contributed by atoms with Gasteiger partial charge in [-0.15, -0.1) is 0 Å². The van der Waals surface area contributed by atoms with Gasteiger partial charge in [0.15, 0.2) is 0 Å². The summed E-state index contributed by atoms with van der Waals surface area (Å²) in [4.78, 5) is 40.2. The van der Waals surface area contributed by atoms with Gasteiger partial charge in [0.05, 0.1) is 11.8 Å². The molecule has 0 radical (unpaired) electrons. The number of hydrogen-bond acceptors (Lipinski definition) is 3. The number of anilines is 1. The highest BCUT2D eigenvalue weighted by Crippen LogP contribution is 2.65. The van der Waals surface area contributed by atoms with Gasteiger partial charge in [-0.1, -0.05) is 18.2 Å². The lowest BCUT2D eigenvalue weighted by Crippen LogP contribution is -2.46. The summed E-state index contributed by atoms with van der Waals surface area (Å²) in [7, 11) is 0. The van der Waals surface area contributed by atoms with Crippen LogP contribution in [0.15, 0.2) is 30.4 Å². The first-order valence-corrected chi connectivity index (χ1v) is 9.82. The van der Waals surface area contributed by atoms with Crippen LogP contribution in [0.1, 0.15) is 24.5 Å². The molecule has 27 heavy (non-hydrogen) atoms. The highest BCUT2D eigenvalue weighted by molar-refractivity contribution is 6.10. The largest absolute Gasteiger partial charge is 0.324 e. The van der Waals surface area contributed by atoms with Crippen LogP contribution in [0.5, 0.6) is 0 Å². The minimum atomic E-state index is -0.798. The van der Waals surface area contributed by atoms with E-state index >= 15 is 0 Å². The lowest BCUT2D eigenvalue weighted by molar-refractivity contribution is -0.146. The Hall–Kier alpha value is -2.43. The quantitative estimate of drug-likeness (QED) is 0.662. The molecule has 1 aromatic rings. The van der Waals surface area contributed by atoms with Crippen molar-refractivity contribution in [1.29, 1.82) is 0 Å². The molecule has 0 spiro atoms. The molecular formula is C22H24N2O3. The second kappa shape index (κ2) is 5.54. The molecule has 7 atom stereocenters. The molecule has 5 nitrogen and oxygen atoms in total. The fraction of sp³-hybridized carbons (Fsp3) is 0.500. The Balaban J connectivity index is 1.37. The zero-order chi connectivity index (χ0) is 19.0. The number of nitrogens with one attached hydrogen (secondary N) is 1. The molecular weight excluding hydrogens is 340 g/mol. The number of benzene rings is 1. The fourth-order valence-electron chi connectivity index (χ4n) is 5.54. The van der Waals surface area contributed by atoms with Crippen LogP contribution in [0.25, 0.3) is 0 Å². The molecule has 0 aromatic heterocycles. The number of likely N-dealkylation sites (tertiary alicyclic amines) is 1. The van der Waals surface area contributed by atoms with Crippen molar-refractivity contribution in [2.45, 2.75) is 33.2 Å². The van der Waals surface area contributed by atoms with Gasteiger partial charge in [0.2, 0.25) is 17.7 Å². The maximum Gasteiger partial charge on any atom is 0.247 e. The number of imide groups is 1. The molecule has 1 N–H and O–H groups in total. The summed E-state index contributed by atoms with van der Waals surface area (Å²) in [5, 5.41) is 2.86. The van der Waals surface area contributed by atoms with Crippen molar-refractivity contribution in [2.24, 2.45) is 35.5 Å². The van der Waals surface area contributed by atoms with Crippen LogP contribution in [-0.4, -0.2) is 28.7 Å². The van der Waals surface area contributed by atoms with Crippen LogP contribution in [0.3, 0.4) is 0 Å². The summed E-state index contributed by atoms with van der Waals surface area (Å²) in [6.07, 6.45) is 5.43. The number of carbonyl (C=O) groups excluding carboxylic acids is 3. The number of carbonyl (C=O) groups is 3. The van der Waals surface area contributed by atoms with Crippen LogP contribution in [0.2, 0.25) is 0 Å². The number of amides is 3. The smallest absolute Gasteiger partial charge is 0.247 e. The molecule has 6 rings (SSSR count). The van der Waals surface area contributed by atoms with Crippen molar-refractivity contribution in [3.8, 4) is 0 Å². The predicted molar refractivity (Wildman–Crippen MR) is 101 cm³/mol. The SMILES string of the molecule is Cc1ccc(NC(=O)C(C)N2C(=O)C3C4C=CC(C5CC45)C3C2=O)cc1C. The van der Waals surface area contributed by atoms with Gasteiger partial charge in [-0.2, -0.15) is 0 Å². The molecule has 1 aliphatic heterocycles. The van der Waals surface area contributed by atoms with E-state index in [1.807, 2.05) is 32.0 Å². The van der Waals surface area contributed by atoms with Crippen molar-refractivity contribution >= 4 is 23.4 Å². The Labute approximate surface area is 158 Å². The van der Waals surface area contributed by atoms with Gasteiger partial charge in [-0.25, -0.2) is 0 Å². The first-order valence-electron chi connectivity index (χ1n) is 9.82. The molecule has 140 valence electrons. The van der Waals surface area contributed by atoms with E-state index in [4.69, 9.17) is 0 Å². The average molecular weight is 364 g/mol. The van der Waals surface area contributed by atoms with E-state index in [-0.39, 0.29) is 41.4 Å². The summed E-state index contributed by atoms with van der Waals surface area (Å²) >= 11 is 0. The Morgan fingerprint density at radius 2 is 1.63 bits per heavy atom. The second-order valence-corrected chi connectivity index (χ2v) is 8.67. The first kappa shape index (κ1) is 16.7. The van der Waals surface area contributed by atoms with Crippen molar-refractivity contribution in [3.05, 3.63) is 41.5 Å². The number of nitrogens with zero attached hydrogens (tertiary/aromatic N) is 1. The van der Waals surface area contributed by atoms with E-state index in [1.165, 1.54) is 4.90 Å². The molecule has 3 amide bonds. The maximum absolute atomic E-state index is 13.1. The third kappa shape index (κ3) is 2.27. The summed E-state index contributed by atoms with van der Waals surface area (Å²) < 4.78 is 0. The number of aryl methyl sites for hydroxylation is 2. The number of allylic oxidation sites excluding steroid dienone is 2. The Morgan fingerprint density at radius 3 is 2.19 bits per heavy atom. The average Bonchev–Trinajstić information content (AvgIpc) is 3.42. The highest BCUT2D eigenvalue weighted by Gasteiger charge is 2.67. The Bertz CT molecular complexity index is 869. The van der Waals surface area contributed by atoms with Gasteiger partial charge in [-0.3, -0.25) is 19.3 Å². The molecule has 2 bridgehead atoms. The normalized spacial score (nSPS) is 36.5. The van der Waals surface area contributed by atoms with Crippen molar-refractivity contribution < 1.29 is 14.4 Å². The number of hydrogen-bond donors (Lipinski definition) is 1. The van der Waals surface area contributed by atoms with E-state index in [2.05, 4.69) is 17.5 Å². The van der Waals surface area contributed by atoms with E-state index < -0.39 is 6.04 Å². The first-order chi connectivity index (χ1) is 12.9. The predicted octanol–water partition coefficient (Wildman–Crippen LogP) is 2.68. The summed E-state index contributed by atoms with van der Waals surface area (Å²) in [5.74, 6) is 0.360. The van der Waals surface area contributed by atoms with E-state index in [1.54, 1.807) is 6.92 Å². The van der Waals surface area contributed by atoms with Crippen LogP contribution in [-0.2, 0) is 14.4 Å². The zero-order valence-electron chi connectivity index (χ0n) is 15.8. The second-order valence-electron chi connectivity index (χ2n) is 8.67. The van der Waals surface area contributed by atoms with Gasteiger partial charge in [0, 0.05) is 5.69 Å². The molecule has 5 heteroatoms. The molecule has 2 saturated carbocycles. The Kier molecular flexibility index (Phi) is 3.43. The van der Waals surface area contributed by atoms with Crippen LogP contribution in [0, 0.1) is 49.4 Å². The standard InChI is InChI=1S/C22H24N2O3/c1-10-4-5-13(8-11(10)2)23-20(25)12(3)24-21(26)18-14-6-7-15(17-9-16(14)17)19(18)22(24)27/h4-8,12,14-19H,9H2,1-3H3,(H,23,25). The van der Waals surface area contributed by atoms with E-state index in [0.717, 1.165) is 17.5 Å². The van der Waals surface area contributed by atoms with Gasteiger partial charge < -0.3 is 5.32 Å². The summed E-state index contributed by atoms with van der Waals surface area (Å²) in [6.45, 7) is 5.65. The van der Waals surface area contributed by atoms with Crippen molar-refractivity contribution in [1.82, 2.24) is 4.90 Å². The van der Waals surface area contributed by atoms with Crippen molar-refractivity contribution in [3.63, 3.8) is 0 Å². The Morgan fingerprint density at radius 1 is 1.04 bits per heavy atom. The van der Waals surface area contributed by atoms with Crippen LogP contribution < -0.4 is 5.32 Å². The van der Waals surface area contributed by atoms with Crippen LogP contribution in [0.4, 0.5) is 5.69 Å². The maximum atomic E-state index is 13.1. The lowest BCUT2D eigenvalue weighted by Gasteiger charge is -2.37. The van der Waals surface area contributed by atoms with Gasteiger partial charge >= 0.3 is 0 Å². The zero-order valence-corrected chi connectivity index (χ0v) is 15.8. The van der Waals surface area contributed by atoms with E-state index in [0.29, 0.717) is 17.5 Å². The third-order valence-electron chi connectivity index (χ3n) is 7.24. The number of rotatable bonds is 3. The van der Waals surface area contributed by atoms with Crippen molar-refractivity contribution in [2.75, 3.05) is 5.32 Å². The van der Waals surface area contributed by atoms with Gasteiger partial charge in [0.1, 0.15) is 6.04 Å². The molecule has 3 fully saturated rings. The lowest BCUT2D eigenvalue weighted by atomic mass is 9.63. The molecule has 1 heterocycles. The fourth-order valence-corrected chi connectivity index (χ4v) is 5.54. The third-order valence-corrected chi connectivity index (χ3v) is 7.24. The molecule has 1 aromatic carbocycles. The minimum Gasteiger partial charge on any atom is -0.324 e. The summed E-state index contributed by atoms with van der Waals surface area (Å²) in [5.41, 5.74) is 2.92. The van der Waals surface area contributed by atoms with Crippen LogP contribution >= 0.6 is 0 Å². The topological polar surface area (TPSA) is 66.5 Å². The van der Waals surface area contributed by atoms with Gasteiger partial charge in [0.25, 0.3) is 0 Å². The monoisotopic (exact) mass is 364 g/mol. The molecule has 7 unspecified atom stereocenters.